The number of carbonyl (C=O) groups excluding carboxylic acids is 3. The first-order valence-corrected chi connectivity index (χ1v) is 9.00. The second-order valence-corrected chi connectivity index (χ2v) is 6.51. The van der Waals surface area contributed by atoms with Gasteiger partial charge in [-0.05, 0) is 31.1 Å². The Kier molecular flexibility index (Phi) is 7.21. The summed E-state index contributed by atoms with van der Waals surface area (Å²) in [6, 6.07) is 6.26. The number of hydrogen-bond acceptors (Lipinski definition) is 4. The number of piperazine rings is 1. The van der Waals surface area contributed by atoms with Crippen LogP contribution < -0.4 is 5.32 Å². The van der Waals surface area contributed by atoms with Gasteiger partial charge in [0.2, 0.25) is 11.8 Å². The molecule has 1 aromatic rings. The van der Waals surface area contributed by atoms with Crippen molar-refractivity contribution in [3.8, 4) is 0 Å². The normalized spacial score (nSPS) is 18.5. The van der Waals surface area contributed by atoms with Crippen LogP contribution in [0.2, 0.25) is 5.02 Å². The van der Waals surface area contributed by atoms with Crippen LogP contribution in [0.3, 0.4) is 0 Å². The predicted octanol–water partition coefficient (Wildman–Crippen LogP) is 2.41. The molecule has 0 saturated carbocycles. The maximum atomic E-state index is 12.6. The van der Waals surface area contributed by atoms with Crippen molar-refractivity contribution in [2.45, 2.75) is 38.8 Å². The maximum Gasteiger partial charge on any atom is 0.308 e. The molecule has 1 N–H and O–H groups in total. The van der Waals surface area contributed by atoms with E-state index in [4.69, 9.17) is 16.3 Å². The number of ether oxygens (including phenoxy) is 1. The highest BCUT2D eigenvalue weighted by atomic mass is 35.5. The molecule has 0 spiro atoms. The van der Waals surface area contributed by atoms with E-state index in [1.807, 2.05) is 13.0 Å². The highest BCUT2D eigenvalue weighted by Gasteiger charge is 2.34. The van der Waals surface area contributed by atoms with E-state index in [-0.39, 0.29) is 24.3 Å². The zero-order chi connectivity index (χ0) is 19.1. The number of hydrogen-bond donors (Lipinski definition) is 1. The summed E-state index contributed by atoms with van der Waals surface area (Å²) in [5.41, 5.74) is 0.705. The van der Waals surface area contributed by atoms with Crippen molar-refractivity contribution >= 4 is 35.5 Å². The SMILES string of the molecule is CC[C@@H](C)OC(=O)C[C@@H]1C(=O)NCCN1C(=O)/C=C/c1ccccc1Cl. The first-order valence-electron chi connectivity index (χ1n) is 8.62. The Labute approximate surface area is 158 Å². The summed E-state index contributed by atoms with van der Waals surface area (Å²) in [6.45, 7) is 4.37. The summed E-state index contributed by atoms with van der Waals surface area (Å²) in [6.07, 6.45) is 3.27. The first kappa shape index (κ1) is 20.0. The van der Waals surface area contributed by atoms with Crippen molar-refractivity contribution in [3.63, 3.8) is 0 Å². The fraction of sp³-hybridized carbons (Fsp3) is 0.421. The van der Waals surface area contributed by atoms with Gasteiger partial charge in [0.1, 0.15) is 6.04 Å². The summed E-state index contributed by atoms with van der Waals surface area (Å²) in [7, 11) is 0. The van der Waals surface area contributed by atoms with Crippen LogP contribution in [-0.2, 0) is 19.1 Å². The molecule has 7 heteroatoms. The van der Waals surface area contributed by atoms with Crippen molar-refractivity contribution in [3.05, 3.63) is 40.9 Å². The Morgan fingerprint density at radius 1 is 1.42 bits per heavy atom. The van der Waals surface area contributed by atoms with Crippen molar-refractivity contribution in [1.82, 2.24) is 10.2 Å². The van der Waals surface area contributed by atoms with Gasteiger partial charge in [0.05, 0.1) is 12.5 Å². The van der Waals surface area contributed by atoms with Crippen LogP contribution in [0.25, 0.3) is 6.08 Å². The van der Waals surface area contributed by atoms with Gasteiger partial charge in [0, 0.05) is 24.2 Å². The first-order chi connectivity index (χ1) is 12.4. The van der Waals surface area contributed by atoms with Crippen LogP contribution in [0.4, 0.5) is 0 Å². The van der Waals surface area contributed by atoms with E-state index in [1.54, 1.807) is 31.2 Å². The zero-order valence-corrected chi connectivity index (χ0v) is 15.7. The molecule has 140 valence electrons. The molecule has 1 aliphatic heterocycles. The lowest BCUT2D eigenvalue weighted by molar-refractivity contribution is -0.154. The number of esters is 1. The molecule has 1 aromatic carbocycles. The van der Waals surface area contributed by atoms with E-state index in [9.17, 15) is 14.4 Å². The van der Waals surface area contributed by atoms with E-state index < -0.39 is 12.0 Å². The third-order valence-electron chi connectivity index (χ3n) is 4.19. The Morgan fingerprint density at radius 2 is 2.15 bits per heavy atom. The standard InChI is InChI=1S/C19H23ClN2O4/c1-3-13(2)26-18(24)12-16-19(25)21-10-11-22(16)17(23)9-8-14-6-4-5-7-15(14)20/h4-9,13,16H,3,10-12H2,1-2H3,(H,21,25)/b9-8+/t13-,16-/m1/s1. The number of rotatable bonds is 6. The van der Waals surface area contributed by atoms with E-state index in [0.29, 0.717) is 30.1 Å². The van der Waals surface area contributed by atoms with E-state index in [1.165, 1.54) is 11.0 Å². The van der Waals surface area contributed by atoms with Crippen LogP contribution in [-0.4, -0.2) is 47.9 Å². The second kappa shape index (κ2) is 9.38. The minimum Gasteiger partial charge on any atom is -0.463 e. The van der Waals surface area contributed by atoms with Gasteiger partial charge in [0.15, 0.2) is 0 Å². The number of carbonyl (C=O) groups is 3. The smallest absolute Gasteiger partial charge is 0.308 e. The van der Waals surface area contributed by atoms with Crippen molar-refractivity contribution < 1.29 is 19.1 Å². The molecule has 0 radical (unpaired) electrons. The van der Waals surface area contributed by atoms with Crippen molar-refractivity contribution in [2.75, 3.05) is 13.1 Å². The highest BCUT2D eigenvalue weighted by molar-refractivity contribution is 6.32. The highest BCUT2D eigenvalue weighted by Crippen LogP contribution is 2.17. The Morgan fingerprint density at radius 3 is 2.85 bits per heavy atom. The van der Waals surface area contributed by atoms with Crippen LogP contribution in [0.5, 0.6) is 0 Å². The van der Waals surface area contributed by atoms with Gasteiger partial charge in [-0.1, -0.05) is 36.7 Å². The molecule has 0 unspecified atom stereocenters. The lowest BCUT2D eigenvalue weighted by Crippen LogP contribution is -2.57. The molecule has 0 aromatic heterocycles. The van der Waals surface area contributed by atoms with Gasteiger partial charge in [-0.3, -0.25) is 14.4 Å². The summed E-state index contributed by atoms with van der Waals surface area (Å²) in [5.74, 6) is -1.19. The molecule has 2 atom stereocenters. The lowest BCUT2D eigenvalue weighted by Gasteiger charge is -2.34. The third-order valence-corrected chi connectivity index (χ3v) is 4.54. The number of benzene rings is 1. The Hall–Kier alpha value is -2.34. The van der Waals surface area contributed by atoms with E-state index in [2.05, 4.69) is 5.32 Å². The predicted molar refractivity (Wildman–Crippen MR) is 99.5 cm³/mol. The van der Waals surface area contributed by atoms with E-state index in [0.717, 1.165) is 0 Å². The fourth-order valence-electron chi connectivity index (χ4n) is 2.56. The zero-order valence-electron chi connectivity index (χ0n) is 14.9. The number of halogens is 1. The molecule has 0 aliphatic carbocycles. The van der Waals surface area contributed by atoms with Gasteiger partial charge in [-0.15, -0.1) is 0 Å². The molecule has 6 nitrogen and oxygen atoms in total. The van der Waals surface area contributed by atoms with Gasteiger partial charge in [0.25, 0.3) is 0 Å². The fourth-order valence-corrected chi connectivity index (χ4v) is 2.76. The van der Waals surface area contributed by atoms with Gasteiger partial charge >= 0.3 is 5.97 Å². The molecule has 1 fully saturated rings. The molecule has 1 heterocycles. The Balaban J connectivity index is 2.08. The van der Waals surface area contributed by atoms with Gasteiger partial charge in [-0.25, -0.2) is 0 Å². The quantitative estimate of drug-likeness (QED) is 0.609. The number of nitrogens with one attached hydrogen (secondary N) is 1. The molecule has 2 rings (SSSR count). The molecule has 1 saturated heterocycles. The van der Waals surface area contributed by atoms with Crippen molar-refractivity contribution in [2.24, 2.45) is 0 Å². The summed E-state index contributed by atoms with van der Waals surface area (Å²) in [5, 5.41) is 3.22. The number of nitrogens with zero attached hydrogens (tertiary/aromatic N) is 1. The van der Waals surface area contributed by atoms with Crippen molar-refractivity contribution in [1.29, 1.82) is 0 Å². The van der Waals surface area contributed by atoms with Crippen LogP contribution in [0, 0.1) is 0 Å². The van der Waals surface area contributed by atoms with Crippen LogP contribution >= 0.6 is 11.6 Å². The Bertz CT molecular complexity index is 705. The molecular formula is C19H23ClN2O4. The lowest BCUT2D eigenvalue weighted by atomic mass is 10.1. The average Bonchev–Trinajstić information content (AvgIpc) is 2.62. The molecular weight excluding hydrogens is 356 g/mol. The van der Waals surface area contributed by atoms with E-state index >= 15 is 0 Å². The van der Waals surface area contributed by atoms with Crippen LogP contribution in [0.1, 0.15) is 32.3 Å². The number of amides is 2. The summed E-state index contributed by atoms with van der Waals surface area (Å²) in [4.78, 5) is 38.2. The van der Waals surface area contributed by atoms with Crippen LogP contribution in [0.15, 0.2) is 30.3 Å². The summed E-state index contributed by atoms with van der Waals surface area (Å²) < 4.78 is 5.23. The summed E-state index contributed by atoms with van der Waals surface area (Å²) >= 11 is 6.07. The molecule has 0 bridgehead atoms. The molecule has 1 aliphatic rings. The molecule has 26 heavy (non-hydrogen) atoms. The minimum atomic E-state index is -0.872. The molecule has 2 amide bonds. The van der Waals surface area contributed by atoms with Gasteiger partial charge in [-0.2, -0.15) is 0 Å². The maximum absolute atomic E-state index is 12.6. The monoisotopic (exact) mass is 378 g/mol. The largest absolute Gasteiger partial charge is 0.463 e. The third kappa shape index (κ3) is 5.33. The van der Waals surface area contributed by atoms with Gasteiger partial charge < -0.3 is 15.0 Å². The minimum absolute atomic E-state index is 0.165. The second-order valence-electron chi connectivity index (χ2n) is 6.11. The topological polar surface area (TPSA) is 75.7 Å². The average molecular weight is 379 g/mol.